The molecule has 0 aliphatic carbocycles. The van der Waals surface area contributed by atoms with Crippen LogP contribution in [0, 0.1) is 0 Å². The molecule has 0 bridgehead atoms. The third kappa shape index (κ3) is 4.91. The molecule has 0 fully saturated rings. The van der Waals surface area contributed by atoms with Crippen LogP contribution in [0.2, 0.25) is 0 Å². The Balaban J connectivity index is 2.30. The molecular weight excluding hydrogens is 415 g/mol. The van der Waals surface area contributed by atoms with Crippen LogP contribution in [0.3, 0.4) is 0 Å². The first-order valence-corrected chi connectivity index (χ1v) is 8.63. The molecule has 2 aromatic rings. The Morgan fingerprint density at radius 3 is 2.42 bits per heavy atom. The summed E-state index contributed by atoms with van der Waals surface area (Å²) in [7, 11) is 0. The van der Waals surface area contributed by atoms with Crippen molar-refractivity contribution in [2.75, 3.05) is 18.5 Å². The van der Waals surface area contributed by atoms with Crippen LogP contribution < -0.4 is 14.8 Å². The maximum absolute atomic E-state index is 12.8. The van der Waals surface area contributed by atoms with Gasteiger partial charge in [0, 0.05) is 11.3 Å². The van der Waals surface area contributed by atoms with E-state index in [1.54, 1.807) is 6.92 Å². The third-order valence-corrected chi connectivity index (χ3v) is 3.90. The number of rotatable bonds is 6. The molecule has 1 amide bonds. The lowest BCUT2D eigenvalue weighted by Gasteiger charge is -2.15. The summed E-state index contributed by atoms with van der Waals surface area (Å²) in [6.45, 7) is 4.38. The molecule has 4 nitrogen and oxygen atoms in total. The first-order valence-electron chi connectivity index (χ1n) is 7.84. The Morgan fingerprint density at radius 2 is 1.81 bits per heavy atom. The summed E-state index contributed by atoms with van der Waals surface area (Å²) in [6, 6.07) is 7.46. The van der Waals surface area contributed by atoms with Gasteiger partial charge in [-0.15, -0.1) is 0 Å². The van der Waals surface area contributed by atoms with E-state index in [0.717, 1.165) is 12.1 Å². The number of ether oxygens (including phenoxy) is 2. The highest BCUT2D eigenvalue weighted by Gasteiger charge is 2.30. The Morgan fingerprint density at radius 1 is 1.12 bits per heavy atom. The highest BCUT2D eigenvalue weighted by molar-refractivity contribution is 9.10. The van der Waals surface area contributed by atoms with Crippen LogP contribution in [0.15, 0.2) is 40.9 Å². The number of carbonyl (C=O) groups excluding carboxylic acids is 1. The summed E-state index contributed by atoms with van der Waals surface area (Å²) in [6.07, 6.45) is -4.48. The van der Waals surface area contributed by atoms with Crippen molar-refractivity contribution in [3.05, 3.63) is 52.0 Å². The number of carbonyl (C=O) groups is 1. The highest BCUT2D eigenvalue weighted by atomic mass is 79.9. The van der Waals surface area contributed by atoms with Gasteiger partial charge >= 0.3 is 6.18 Å². The summed E-state index contributed by atoms with van der Waals surface area (Å²) in [5.74, 6) is 0.275. The molecule has 0 atom stereocenters. The topological polar surface area (TPSA) is 47.6 Å². The molecule has 0 radical (unpaired) electrons. The Hall–Kier alpha value is -2.22. The number of amides is 1. The Labute approximate surface area is 157 Å². The number of nitrogens with one attached hydrogen (secondary N) is 1. The van der Waals surface area contributed by atoms with Crippen molar-refractivity contribution in [2.45, 2.75) is 20.0 Å². The number of halogens is 4. The second kappa shape index (κ2) is 8.44. The summed E-state index contributed by atoms with van der Waals surface area (Å²) >= 11 is 3.33. The predicted molar refractivity (Wildman–Crippen MR) is 95.9 cm³/mol. The van der Waals surface area contributed by atoms with Gasteiger partial charge in [-0.2, -0.15) is 13.2 Å². The maximum atomic E-state index is 12.8. The van der Waals surface area contributed by atoms with Crippen LogP contribution in [0.25, 0.3) is 0 Å². The van der Waals surface area contributed by atoms with Crippen molar-refractivity contribution in [1.82, 2.24) is 0 Å². The molecule has 2 rings (SSSR count). The average Bonchev–Trinajstić information content (AvgIpc) is 2.57. The van der Waals surface area contributed by atoms with E-state index in [-0.39, 0.29) is 11.3 Å². The van der Waals surface area contributed by atoms with E-state index >= 15 is 0 Å². The lowest BCUT2D eigenvalue weighted by Crippen LogP contribution is -2.14. The number of alkyl halides is 3. The van der Waals surface area contributed by atoms with Gasteiger partial charge < -0.3 is 14.8 Å². The van der Waals surface area contributed by atoms with E-state index in [2.05, 4.69) is 21.2 Å². The van der Waals surface area contributed by atoms with Crippen molar-refractivity contribution in [1.29, 1.82) is 0 Å². The lowest BCUT2D eigenvalue weighted by molar-refractivity contribution is -0.137. The smallest absolute Gasteiger partial charge is 0.416 e. The van der Waals surface area contributed by atoms with Crippen molar-refractivity contribution < 1.29 is 27.4 Å². The molecule has 0 unspecified atom stereocenters. The van der Waals surface area contributed by atoms with Crippen LogP contribution >= 0.6 is 15.9 Å². The van der Waals surface area contributed by atoms with E-state index in [0.29, 0.717) is 29.2 Å². The van der Waals surface area contributed by atoms with Gasteiger partial charge in [0.25, 0.3) is 5.91 Å². The Kier molecular flexibility index (Phi) is 6.52. The van der Waals surface area contributed by atoms with Crippen LogP contribution in [0.5, 0.6) is 11.5 Å². The van der Waals surface area contributed by atoms with Crippen LogP contribution in [-0.4, -0.2) is 19.1 Å². The number of hydrogen-bond donors (Lipinski definition) is 1. The summed E-state index contributed by atoms with van der Waals surface area (Å²) in [4.78, 5) is 12.4. The molecule has 0 aliphatic heterocycles. The zero-order chi connectivity index (χ0) is 19.3. The fourth-order valence-corrected chi connectivity index (χ4v) is 2.78. The van der Waals surface area contributed by atoms with Gasteiger partial charge in [-0.25, -0.2) is 0 Å². The largest absolute Gasteiger partial charge is 0.490 e. The summed E-state index contributed by atoms with van der Waals surface area (Å²) in [5.41, 5.74) is -0.563. The monoisotopic (exact) mass is 431 g/mol. The number of anilines is 1. The fraction of sp³-hybridized carbons (Fsp3) is 0.278. The summed E-state index contributed by atoms with van der Waals surface area (Å²) in [5, 5.41) is 2.46. The minimum atomic E-state index is -4.48. The van der Waals surface area contributed by atoms with Crippen molar-refractivity contribution >= 4 is 27.5 Å². The first kappa shape index (κ1) is 20.1. The standard InChI is InChI=1S/C18H17BrF3NO3/c1-3-25-15-9-11(8-14(19)16(15)26-4-2)17(24)23-13-7-5-6-12(10-13)18(20,21)22/h5-10H,3-4H2,1-2H3,(H,23,24). The SMILES string of the molecule is CCOc1cc(C(=O)Nc2cccc(C(F)(F)F)c2)cc(Br)c1OCC. The van der Waals surface area contributed by atoms with Crippen LogP contribution in [-0.2, 0) is 6.18 Å². The Bertz CT molecular complexity index is 794. The van der Waals surface area contributed by atoms with Gasteiger partial charge in [0.2, 0.25) is 0 Å². The predicted octanol–water partition coefficient (Wildman–Crippen LogP) is 5.52. The molecule has 0 aliphatic rings. The second-order valence-corrected chi connectivity index (χ2v) is 6.04. The number of benzene rings is 2. The summed E-state index contributed by atoms with van der Waals surface area (Å²) < 4.78 is 49.9. The van der Waals surface area contributed by atoms with E-state index in [1.807, 2.05) is 6.92 Å². The average molecular weight is 432 g/mol. The van der Waals surface area contributed by atoms with Gasteiger partial charge in [-0.1, -0.05) is 6.07 Å². The lowest BCUT2D eigenvalue weighted by atomic mass is 10.1. The molecular formula is C18H17BrF3NO3. The molecule has 0 aromatic heterocycles. The maximum Gasteiger partial charge on any atom is 0.416 e. The molecule has 140 valence electrons. The van der Waals surface area contributed by atoms with Gasteiger partial charge in [-0.05, 0) is 60.1 Å². The van der Waals surface area contributed by atoms with Crippen molar-refractivity contribution in [2.24, 2.45) is 0 Å². The van der Waals surface area contributed by atoms with Crippen LogP contribution in [0.1, 0.15) is 29.8 Å². The molecule has 1 N–H and O–H groups in total. The molecule has 26 heavy (non-hydrogen) atoms. The van der Waals surface area contributed by atoms with E-state index in [1.165, 1.54) is 24.3 Å². The van der Waals surface area contributed by atoms with Crippen molar-refractivity contribution in [3.8, 4) is 11.5 Å². The minimum absolute atomic E-state index is 0.0489. The third-order valence-electron chi connectivity index (χ3n) is 3.31. The molecule has 0 heterocycles. The molecule has 0 saturated carbocycles. The molecule has 2 aromatic carbocycles. The molecule has 0 spiro atoms. The minimum Gasteiger partial charge on any atom is -0.490 e. The van der Waals surface area contributed by atoms with Gasteiger partial charge in [0.15, 0.2) is 11.5 Å². The second-order valence-electron chi connectivity index (χ2n) is 5.18. The van der Waals surface area contributed by atoms with E-state index < -0.39 is 17.6 Å². The van der Waals surface area contributed by atoms with E-state index in [4.69, 9.17) is 9.47 Å². The quantitative estimate of drug-likeness (QED) is 0.654. The molecule has 0 saturated heterocycles. The van der Waals surface area contributed by atoms with Gasteiger partial charge in [0.1, 0.15) is 0 Å². The molecule has 8 heteroatoms. The van der Waals surface area contributed by atoms with E-state index in [9.17, 15) is 18.0 Å². The van der Waals surface area contributed by atoms with Gasteiger partial charge in [0.05, 0.1) is 23.2 Å². The zero-order valence-corrected chi connectivity index (χ0v) is 15.7. The highest BCUT2D eigenvalue weighted by Crippen LogP contribution is 2.37. The van der Waals surface area contributed by atoms with Crippen LogP contribution in [0.4, 0.5) is 18.9 Å². The number of hydrogen-bond acceptors (Lipinski definition) is 3. The fourth-order valence-electron chi connectivity index (χ4n) is 2.22. The normalized spacial score (nSPS) is 11.2. The van der Waals surface area contributed by atoms with Gasteiger partial charge in [-0.3, -0.25) is 4.79 Å². The van der Waals surface area contributed by atoms with Crippen molar-refractivity contribution in [3.63, 3.8) is 0 Å². The first-order chi connectivity index (χ1) is 12.3. The zero-order valence-electron chi connectivity index (χ0n) is 14.1.